The van der Waals surface area contributed by atoms with Crippen molar-refractivity contribution in [3.63, 3.8) is 0 Å². The fourth-order valence-electron chi connectivity index (χ4n) is 2.47. The summed E-state index contributed by atoms with van der Waals surface area (Å²) in [5, 5.41) is 3.50. The molecule has 1 unspecified atom stereocenters. The number of anilines is 1. The Morgan fingerprint density at radius 1 is 1.37 bits per heavy atom. The van der Waals surface area contributed by atoms with Gasteiger partial charge in [-0.1, -0.05) is 22.9 Å². The third kappa shape index (κ3) is 3.94. The number of ether oxygens (including phenoxy) is 1. The minimum absolute atomic E-state index is 0.290. The molecular weight excluding hydrogens is 304 g/mol. The molecule has 1 aliphatic heterocycles. The van der Waals surface area contributed by atoms with E-state index in [0.717, 1.165) is 32.8 Å². The number of morpholine rings is 1. The van der Waals surface area contributed by atoms with Crippen LogP contribution in [0.4, 0.5) is 5.69 Å². The molecule has 1 aliphatic rings. The lowest BCUT2D eigenvalue weighted by molar-refractivity contribution is -0.0191. The molecule has 4 heteroatoms. The van der Waals surface area contributed by atoms with Crippen LogP contribution in [0.3, 0.4) is 0 Å². The number of halogens is 1. The first-order chi connectivity index (χ1) is 9.10. The SMILES string of the molecule is CCN1CCOC(CNc2cc(C)c(Br)c(C)c2)C1. The van der Waals surface area contributed by atoms with Gasteiger partial charge in [0, 0.05) is 29.8 Å². The molecule has 1 heterocycles. The maximum atomic E-state index is 5.80. The zero-order chi connectivity index (χ0) is 13.8. The predicted octanol–water partition coefficient (Wildman–Crippen LogP) is 3.20. The Kier molecular flexibility index (Phi) is 5.25. The highest BCUT2D eigenvalue weighted by molar-refractivity contribution is 9.10. The average Bonchev–Trinajstić information content (AvgIpc) is 2.42. The van der Waals surface area contributed by atoms with Crippen LogP contribution < -0.4 is 5.32 Å². The van der Waals surface area contributed by atoms with Crippen LogP contribution in [-0.4, -0.2) is 43.8 Å². The van der Waals surface area contributed by atoms with E-state index in [1.54, 1.807) is 0 Å². The zero-order valence-corrected chi connectivity index (χ0v) is 13.6. The Morgan fingerprint density at radius 2 is 2.05 bits per heavy atom. The van der Waals surface area contributed by atoms with Crippen LogP contribution in [-0.2, 0) is 4.74 Å². The molecule has 1 saturated heterocycles. The number of nitrogens with one attached hydrogen (secondary N) is 1. The van der Waals surface area contributed by atoms with Gasteiger partial charge in [-0.3, -0.25) is 4.90 Å². The number of rotatable bonds is 4. The Labute approximate surface area is 124 Å². The first-order valence-corrected chi connectivity index (χ1v) is 7.74. The Balaban J connectivity index is 1.91. The summed E-state index contributed by atoms with van der Waals surface area (Å²) in [6.45, 7) is 11.4. The van der Waals surface area contributed by atoms with Gasteiger partial charge in [-0.15, -0.1) is 0 Å². The largest absolute Gasteiger partial charge is 0.382 e. The zero-order valence-electron chi connectivity index (χ0n) is 12.0. The molecule has 0 radical (unpaired) electrons. The van der Waals surface area contributed by atoms with Gasteiger partial charge in [0.05, 0.1) is 12.7 Å². The third-order valence-electron chi connectivity index (χ3n) is 3.64. The highest BCUT2D eigenvalue weighted by Gasteiger charge is 2.18. The van der Waals surface area contributed by atoms with E-state index in [1.807, 2.05) is 0 Å². The van der Waals surface area contributed by atoms with Crippen molar-refractivity contribution in [2.45, 2.75) is 26.9 Å². The number of nitrogens with zero attached hydrogens (tertiary/aromatic N) is 1. The molecule has 2 rings (SSSR count). The van der Waals surface area contributed by atoms with E-state index in [1.165, 1.54) is 21.3 Å². The average molecular weight is 327 g/mol. The molecule has 0 aromatic heterocycles. The van der Waals surface area contributed by atoms with Crippen LogP contribution in [0.15, 0.2) is 16.6 Å². The molecule has 1 N–H and O–H groups in total. The Hall–Kier alpha value is -0.580. The lowest BCUT2D eigenvalue weighted by Crippen LogP contribution is -2.45. The van der Waals surface area contributed by atoms with Crippen molar-refractivity contribution < 1.29 is 4.74 Å². The molecule has 0 saturated carbocycles. The normalized spacial score (nSPS) is 20.5. The number of likely N-dealkylation sites (N-methyl/N-ethyl adjacent to an activating group) is 1. The van der Waals surface area contributed by atoms with Crippen molar-refractivity contribution in [3.8, 4) is 0 Å². The van der Waals surface area contributed by atoms with E-state index in [4.69, 9.17) is 4.74 Å². The summed E-state index contributed by atoms with van der Waals surface area (Å²) < 4.78 is 7.00. The van der Waals surface area contributed by atoms with Crippen LogP contribution in [0.5, 0.6) is 0 Å². The summed E-state index contributed by atoms with van der Waals surface area (Å²) >= 11 is 3.60. The topological polar surface area (TPSA) is 24.5 Å². The molecule has 1 aromatic carbocycles. The third-order valence-corrected chi connectivity index (χ3v) is 4.89. The highest BCUT2D eigenvalue weighted by atomic mass is 79.9. The maximum absolute atomic E-state index is 5.80. The number of hydrogen-bond acceptors (Lipinski definition) is 3. The van der Waals surface area contributed by atoms with E-state index < -0.39 is 0 Å². The van der Waals surface area contributed by atoms with E-state index in [2.05, 4.69) is 59.1 Å². The molecule has 0 amide bonds. The summed E-state index contributed by atoms with van der Waals surface area (Å²) in [6, 6.07) is 4.36. The van der Waals surface area contributed by atoms with E-state index in [9.17, 15) is 0 Å². The van der Waals surface area contributed by atoms with Gasteiger partial charge in [-0.25, -0.2) is 0 Å². The first kappa shape index (κ1) is 14.8. The number of benzene rings is 1. The smallest absolute Gasteiger partial charge is 0.0874 e. The van der Waals surface area contributed by atoms with Crippen LogP contribution in [0.1, 0.15) is 18.1 Å². The van der Waals surface area contributed by atoms with Crippen molar-refractivity contribution >= 4 is 21.6 Å². The second kappa shape index (κ2) is 6.73. The first-order valence-electron chi connectivity index (χ1n) is 6.94. The fraction of sp³-hybridized carbons (Fsp3) is 0.600. The summed E-state index contributed by atoms with van der Waals surface area (Å²) in [6.07, 6.45) is 0.290. The predicted molar refractivity (Wildman–Crippen MR) is 84.0 cm³/mol. The summed E-state index contributed by atoms with van der Waals surface area (Å²) in [5.74, 6) is 0. The lowest BCUT2D eigenvalue weighted by atomic mass is 10.1. The maximum Gasteiger partial charge on any atom is 0.0874 e. The van der Waals surface area contributed by atoms with Gasteiger partial charge >= 0.3 is 0 Å². The minimum Gasteiger partial charge on any atom is -0.382 e. The van der Waals surface area contributed by atoms with E-state index >= 15 is 0 Å². The van der Waals surface area contributed by atoms with Gasteiger partial charge < -0.3 is 10.1 Å². The fourth-order valence-corrected chi connectivity index (χ4v) is 2.70. The molecule has 0 aliphatic carbocycles. The number of hydrogen-bond donors (Lipinski definition) is 1. The molecule has 1 fully saturated rings. The molecular formula is C15H23BrN2O. The molecule has 19 heavy (non-hydrogen) atoms. The summed E-state index contributed by atoms with van der Waals surface area (Å²) in [7, 11) is 0. The van der Waals surface area contributed by atoms with Gasteiger partial charge in [-0.2, -0.15) is 0 Å². The van der Waals surface area contributed by atoms with Crippen LogP contribution in [0.25, 0.3) is 0 Å². The van der Waals surface area contributed by atoms with Crippen LogP contribution in [0.2, 0.25) is 0 Å². The van der Waals surface area contributed by atoms with Gasteiger partial charge in [0.1, 0.15) is 0 Å². The van der Waals surface area contributed by atoms with E-state index in [-0.39, 0.29) is 6.10 Å². The summed E-state index contributed by atoms with van der Waals surface area (Å²) in [5.41, 5.74) is 3.71. The molecule has 0 bridgehead atoms. The monoisotopic (exact) mass is 326 g/mol. The second-order valence-corrected chi connectivity index (χ2v) is 5.98. The van der Waals surface area contributed by atoms with Crippen molar-refractivity contribution in [2.75, 3.05) is 38.1 Å². The van der Waals surface area contributed by atoms with Gasteiger partial charge in [0.2, 0.25) is 0 Å². The Bertz CT molecular complexity index is 413. The van der Waals surface area contributed by atoms with Gasteiger partial charge in [0.15, 0.2) is 0 Å². The molecule has 1 aromatic rings. The van der Waals surface area contributed by atoms with Gasteiger partial charge in [0.25, 0.3) is 0 Å². The second-order valence-electron chi connectivity index (χ2n) is 5.19. The molecule has 0 spiro atoms. The Morgan fingerprint density at radius 3 is 2.68 bits per heavy atom. The van der Waals surface area contributed by atoms with E-state index in [0.29, 0.717) is 0 Å². The van der Waals surface area contributed by atoms with Crippen molar-refractivity contribution in [1.29, 1.82) is 0 Å². The van der Waals surface area contributed by atoms with Crippen LogP contribution >= 0.6 is 15.9 Å². The molecule has 106 valence electrons. The van der Waals surface area contributed by atoms with Crippen molar-refractivity contribution in [2.24, 2.45) is 0 Å². The minimum atomic E-state index is 0.290. The number of aryl methyl sites for hydroxylation is 2. The van der Waals surface area contributed by atoms with Crippen molar-refractivity contribution in [3.05, 3.63) is 27.7 Å². The summed E-state index contributed by atoms with van der Waals surface area (Å²) in [4.78, 5) is 2.44. The van der Waals surface area contributed by atoms with Crippen molar-refractivity contribution in [1.82, 2.24) is 4.90 Å². The lowest BCUT2D eigenvalue weighted by Gasteiger charge is -2.32. The molecule has 3 nitrogen and oxygen atoms in total. The molecule has 1 atom stereocenters. The highest BCUT2D eigenvalue weighted by Crippen LogP contribution is 2.25. The standard InChI is InChI=1S/C15H23BrN2O/c1-4-18-5-6-19-14(10-18)9-17-13-7-11(2)15(16)12(3)8-13/h7-8,14,17H,4-6,9-10H2,1-3H3. The van der Waals surface area contributed by atoms with Crippen LogP contribution in [0, 0.1) is 13.8 Å². The van der Waals surface area contributed by atoms with Gasteiger partial charge in [-0.05, 0) is 43.7 Å². The quantitative estimate of drug-likeness (QED) is 0.919.